The molecule has 2 rings (SSSR count). The Balaban J connectivity index is 2.25. The summed E-state index contributed by atoms with van der Waals surface area (Å²) >= 11 is 12.3. The fraction of sp³-hybridized carbons (Fsp3) is 0. The normalized spacial score (nSPS) is 10.4. The molecule has 0 unspecified atom stereocenters. The van der Waals surface area contributed by atoms with E-state index in [1.54, 1.807) is 0 Å². The summed E-state index contributed by atoms with van der Waals surface area (Å²) in [7, 11) is 0. The average Bonchev–Trinajstić information content (AvgIpc) is 2.54. The van der Waals surface area contributed by atoms with E-state index in [4.69, 9.17) is 23.2 Å². The molecule has 0 spiro atoms. The van der Waals surface area contributed by atoms with E-state index in [1.807, 2.05) is 0 Å². The van der Waals surface area contributed by atoms with Gasteiger partial charge in [0.1, 0.15) is 6.33 Å². The number of H-pyrrole nitrogens is 1. The number of nitrogens with zero attached hydrogens (tertiary/aromatic N) is 5. The Morgan fingerprint density at radius 2 is 1.86 bits per heavy atom. The molecule has 14 heavy (non-hydrogen) atoms. The van der Waals surface area contributed by atoms with E-state index in [1.165, 1.54) is 6.33 Å². The standard InChI is InChI=1S/C5H2Cl2N6S/c6-2-10-3(7)12-5(11-2)14-4-8-1-9-13-4/h1H,(H,8,9,13). The van der Waals surface area contributed by atoms with Crippen LogP contribution in [0, 0.1) is 0 Å². The zero-order valence-corrected chi connectivity index (χ0v) is 8.81. The number of halogens is 2. The SMILES string of the molecule is Clc1nc(Cl)nc(Sc2ncn[nH]2)n1. The Morgan fingerprint density at radius 1 is 1.14 bits per heavy atom. The maximum absolute atomic E-state index is 5.58. The van der Waals surface area contributed by atoms with Crippen molar-refractivity contribution in [2.24, 2.45) is 0 Å². The van der Waals surface area contributed by atoms with Crippen molar-refractivity contribution in [1.82, 2.24) is 30.1 Å². The number of hydrogen-bond acceptors (Lipinski definition) is 6. The summed E-state index contributed by atoms with van der Waals surface area (Å²) in [5.41, 5.74) is 0. The second-order valence-corrected chi connectivity index (χ2v) is 3.68. The monoisotopic (exact) mass is 248 g/mol. The molecular weight excluding hydrogens is 247 g/mol. The van der Waals surface area contributed by atoms with Crippen LogP contribution in [0.2, 0.25) is 10.6 Å². The van der Waals surface area contributed by atoms with Crippen LogP contribution in [0.4, 0.5) is 0 Å². The number of nitrogens with one attached hydrogen (secondary N) is 1. The molecule has 0 aliphatic carbocycles. The summed E-state index contributed by atoms with van der Waals surface area (Å²) in [5, 5.41) is 7.33. The predicted molar refractivity (Wildman–Crippen MR) is 50.4 cm³/mol. The quantitative estimate of drug-likeness (QED) is 0.867. The highest BCUT2D eigenvalue weighted by Gasteiger charge is 2.06. The van der Waals surface area contributed by atoms with Gasteiger partial charge >= 0.3 is 0 Å². The zero-order chi connectivity index (χ0) is 9.97. The van der Waals surface area contributed by atoms with Gasteiger partial charge in [0.15, 0.2) is 5.16 Å². The Morgan fingerprint density at radius 3 is 2.43 bits per heavy atom. The van der Waals surface area contributed by atoms with Crippen molar-refractivity contribution in [3.8, 4) is 0 Å². The van der Waals surface area contributed by atoms with Crippen LogP contribution < -0.4 is 0 Å². The van der Waals surface area contributed by atoms with Gasteiger partial charge in [-0.1, -0.05) is 0 Å². The van der Waals surface area contributed by atoms with E-state index in [2.05, 4.69) is 30.1 Å². The average molecular weight is 249 g/mol. The number of aromatic amines is 1. The van der Waals surface area contributed by atoms with Gasteiger partial charge in [-0.3, -0.25) is 5.10 Å². The number of aromatic nitrogens is 6. The minimum atomic E-state index is 0.0482. The number of hydrogen-bond donors (Lipinski definition) is 1. The largest absolute Gasteiger partial charge is 0.254 e. The molecule has 0 saturated carbocycles. The lowest BCUT2D eigenvalue weighted by molar-refractivity contribution is 0.891. The van der Waals surface area contributed by atoms with Crippen molar-refractivity contribution in [2.45, 2.75) is 10.3 Å². The third-order valence-electron chi connectivity index (χ3n) is 1.14. The van der Waals surface area contributed by atoms with Crippen molar-refractivity contribution in [2.75, 3.05) is 0 Å². The molecule has 0 aliphatic rings. The van der Waals surface area contributed by atoms with Crippen molar-refractivity contribution in [1.29, 1.82) is 0 Å². The molecule has 0 aromatic carbocycles. The molecule has 0 aliphatic heterocycles. The van der Waals surface area contributed by atoms with E-state index in [0.29, 0.717) is 10.3 Å². The lowest BCUT2D eigenvalue weighted by Crippen LogP contribution is -1.92. The lowest BCUT2D eigenvalue weighted by atomic mass is 11.1. The minimum absolute atomic E-state index is 0.0482. The van der Waals surface area contributed by atoms with Crippen LogP contribution in [0.1, 0.15) is 0 Å². The highest BCUT2D eigenvalue weighted by atomic mass is 35.5. The third kappa shape index (κ3) is 2.31. The van der Waals surface area contributed by atoms with Gasteiger partial charge in [-0.2, -0.15) is 20.1 Å². The molecule has 0 fully saturated rings. The second kappa shape index (κ2) is 4.07. The molecule has 2 heterocycles. The van der Waals surface area contributed by atoms with E-state index < -0.39 is 0 Å². The van der Waals surface area contributed by atoms with Crippen LogP contribution in [-0.4, -0.2) is 30.1 Å². The van der Waals surface area contributed by atoms with E-state index in [-0.39, 0.29) is 10.6 Å². The highest BCUT2D eigenvalue weighted by molar-refractivity contribution is 7.99. The van der Waals surface area contributed by atoms with Crippen LogP contribution in [0.3, 0.4) is 0 Å². The first kappa shape index (κ1) is 9.63. The first-order chi connectivity index (χ1) is 6.74. The van der Waals surface area contributed by atoms with Crippen molar-refractivity contribution >= 4 is 35.0 Å². The summed E-state index contributed by atoms with van der Waals surface area (Å²) in [6.45, 7) is 0. The lowest BCUT2D eigenvalue weighted by Gasteiger charge is -1.96. The molecule has 72 valence electrons. The fourth-order valence-corrected chi connectivity index (χ4v) is 1.78. The topological polar surface area (TPSA) is 80.2 Å². The summed E-state index contributed by atoms with van der Waals surface area (Å²) in [4.78, 5) is 15.2. The van der Waals surface area contributed by atoms with Gasteiger partial charge in [0.2, 0.25) is 15.7 Å². The third-order valence-corrected chi connectivity index (χ3v) is 2.23. The predicted octanol–water partition coefficient (Wildman–Crippen LogP) is 1.45. The van der Waals surface area contributed by atoms with Crippen LogP contribution in [-0.2, 0) is 0 Å². The van der Waals surface area contributed by atoms with Gasteiger partial charge < -0.3 is 0 Å². The first-order valence-electron chi connectivity index (χ1n) is 3.34. The van der Waals surface area contributed by atoms with Gasteiger partial charge in [-0.25, -0.2) is 4.98 Å². The number of rotatable bonds is 2. The van der Waals surface area contributed by atoms with Crippen molar-refractivity contribution < 1.29 is 0 Å². The van der Waals surface area contributed by atoms with Crippen molar-refractivity contribution in [3.05, 3.63) is 16.9 Å². The zero-order valence-electron chi connectivity index (χ0n) is 6.48. The second-order valence-electron chi connectivity index (χ2n) is 2.05. The molecule has 0 bridgehead atoms. The Hall–Kier alpha value is -0.920. The van der Waals surface area contributed by atoms with E-state index in [0.717, 1.165) is 11.8 Å². The summed E-state index contributed by atoms with van der Waals surface area (Å²) < 4.78 is 0. The van der Waals surface area contributed by atoms with Crippen molar-refractivity contribution in [3.63, 3.8) is 0 Å². The maximum atomic E-state index is 5.58. The molecular formula is C5H2Cl2N6S. The molecule has 2 aromatic rings. The maximum Gasteiger partial charge on any atom is 0.227 e. The minimum Gasteiger partial charge on any atom is -0.254 e. The van der Waals surface area contributed by atoms with Gasteiger partial charge in [0.05, 0.1) is 0 Å². The van der Waals surface area contributed by atoms with Gasteiger partial charge in [-0.15, -0.1) is 0 Å². The Labute approximate surface area is 92.5 Å². The highest BCUT2D eigenvalue weighted by Crippen LogP contribution is 2.21. The molecule has 0 atom stereocenters. The van der Waals surface area contributed by atoms with Gasteiger partial charge in [0, 0.05) is 0 Å². The van der Waals surface area contributed by atoms with Crippen LogP contribution >= 0.6 is 35.0 Å². The van der Waals surface area contributed by atoms with Crippen LogP contribution in [0.25, 0.3) is 0 Å². The Kier molecular flexibility index (Phi) is 2.80. The molecule has 1 N–H and O–H groups in total. The summed E-state index contributed by atoms with van der Waals surface area (Å²) in [6, 6.07) is 0. The van der Waals surface area contributed by atoms with Gasteiger partial charge in [0.25, 0.3) is 0 Å². The van der Waals surface area contributed by atoms with Gasteiger partial charge in [-0.05, 0) is 35.0 Å². The smallest absolute Gasteiger partial charge is 0.227 e. The molecule has 0 radical (unpaired) electrons. The molecule has 0 saturated heterocycles. The Bertz CT molecular complexity index is 412. The molecule has 6 nitrogen and oxygen atoms in total. The molecule has 0 amide bonds. The molecule has 2 aromatic heterocycles. The van der Waals surface area contributed by atoms with E-state index >= 15 is 0 Å². The van der Waals surface area contributed by atoms with Crippen LogP contribution in [0.5, 0.6) is 0 Å². The summed E-state index contributed by atoms with van der Waals surface area (Å²) in [5.74, 6) is 0. The van der Waals surface area contributed by atoms with E-state index in [9.17, 15) is 0 Å². The fourth-order valence-electron chi connectivity index (χ4n) is 0.685. The first-order valence-corrected chi connectivity index (χ1v) is 4.91. The molecule has 9 heteroatoms. The summed E-state index contributed by atoms with van der Waals surface area (Å²) in [6.07, 6.45) is 1.38. The van der Waals surface area contributed by atoms with Crippen LogP contribution in [0.15, 0.2) is 16.6 Å².